The average Bonchev–Trinajstić information content (AvgIpc) is 2.47. The van der Waals surface area contributed by atoms with Crippen LogP contribution in [0.3, 0.4) is 0 Å². The Morgan fingerprint density at radius 2 is 1.29 bits per heavy atom. The largest absolute Gasteiger partial charge is 0.0470 e. The highest BCUT2D eigenvalue weighted by Crippen LogP contribution is 2.69. The Labute approximate surface area is 43.9 Å². The Balaban J connectivity index is 2.02. The molecule has 0 heteroatoms. The highest BCUT2D eigenvalue weighted by atomic mass is 14.7. The summed E-state index contributed by atoms with van der Waals surface area (Å²) in [6, 6.07) is 0. The fourth-order valence-corrected chi connectivity index (χ4v) is 2.52. The Morgan fingerprint density at radius 3 is 1.57 bits per heavy atom. The molecule has 0 spiro atoms. The molecule has 0 aliphatic heterocycles. The van der Waals surface area contributed by atoms with Crippen molar-refractivity contribution in [1.82, 2.24) is 0 Å². The Kier molecular flexibility index (Phi) is 0.296. The van der Waals surface area contributed by atoms with Crippen LogP contribution >= 0.6 is 0 Å². The maximum absolute atomic E-state index is 1.62. The fourth-order valence-electron chi connectivity index (χ4n) is 2.52. The second-order valence-electron chi connectivity index (χ2n) is 3.55. The van der Waals surface area contributed by atoms with E-state index in [4.69, 9.17) is 0 Å². The van der Waals surface area contributed by atoms with Crippen LogP contribution in [0.2, 0.25) is 0 Å². The summed E-state index contributed by atoms with van der Waals surface area (Å²) in [5, 5.41) is 0. The first kappa shape index (κ1) is 3.11. The molecule has 0 aromatic rings. The van der Waals surface area contributed by atoms with E-state index in [0.717, 1.165) is 0 Å². The Bertz CT molecular complexity index is 103. The van der Waals surface area contributed by atoms with Crippen molar-refractivity contribution in [2.24, 2.45) is 23.7 Å². The molecule has 0 radical (unpaired) electrons. The predicted octanol–water partition coefficient (Wildman–Crippen LogP) is 1.66. The van der Waals surface area contributed by atoms with Crippen molar-refractivity contribution in [3.63, 3.8) is 0 Å². The minimum Gasteiger partial charge on any atom is -0.0470 e. The van der Waals surface area contributed by atoms with Gasteiger partial charge >= 0.3 is 0 Å². The van der Waals surface area contributed by atoms with Gasteiger partial charge < -0.3 is 0 Å². The highest BCUT2D eigenvalue weighted by Gasteiger charge is 2.60. The van der Waals surface area contributed by atoms with Gasteiger partial charge in [-0.15, -0.1) is 0 Å². The second kappa shape index (κ2) is 0.667. The predicted molar refractivity (Wildman–Crippen MR) is 27.8 cm³/mol. The van der Waals surface area contributed by atoms with Crippen LogP contribution in [-0.2, 0) is 0 Å². The van der Waals surface area contributed by atoms with E-state index < -0.39 is 0 Å². The van der Waals surface area contributed by atoms with Gasteiger partial charge in [-0.1, -0.05) is 0 Å². The summed E-state index contributed by atoms with van der Waals surface area (Å²) in [4.78, 5) is 0. The standard InChI is InChI=1S/C7H10/c1-4-2-6(4)7-3-5(1)7/h4-7H,1-3H2/t4-,5?,6+,7+/m1/s1. The van der Waals surface area contributed by atoms with Crippen LogP contribution in [0.4, 0.5) is 0 Å². The molecule has 7 heavy (non-hydrogen) atoms. The first-order valence-electron chi connectivity index (χ1n) is 3.45. The topological polar surface area (TPSA) is 0 Å². The zero-order valence-electron chi connectivity index (χ0n) is 4.43. The van der Waals surface area contributed by atoms with Crippen LogP contribution in [-0.4, -0.2) is 0 Å². The third-order valence-corrected chi connectivity index (χ3v) is 3.11. The van der Waals surface area contributed by atoms with Crippen LogP contribution < -0.4 is 0 Å². The van der Waals surface area contributed by atoms with Gasteiger partial charge in [0.05, 0.1) is 0 Å². The van der Waals surface area contributed by atoms with Gasteiger partial charge in [-0.25, -0.2) is 0 Å². The zero-order valence-corrected chi connectivity index (χ0v) is 4.43. The lowest BCUT2D eigenvalue weighted by Crippen LogP contribution is -1.72. The minimum absolute atomic E-state index is 1.24. The molecule has 0 heterocycles. The molecule has 0 nitrogen and oxygen atoms in total. The molecular weight excluding hydrogens is 84.1 g/mol. The molecule has 3 rings (SSSR count). The van der Waals surface area contributed by atoms with E-state index >= 15 is 0 Å². The molecule has 1 unspecified atom stereocenters. The van der Waals surface area contributed by atoms with Crippen molar-refractivity contribution in [3.8, 4) is 0 Å². The molecule has 0 amide bonds. The summed E-state index contributed by atoms with van der Waals surface area (Å²) in [5.74, 6) is 4.99. The van der Waals surface area contributed by atoms with Gasteiger partial charge in [-0.2, -0.15) is 0 Å². The van der Waals surface area contributed by atoms with Crippen LogP contribution in [0, 0.1) is 23.7 Å². The van der Waals surface area contributed by atoms with Crippen molar-refractivity contribution in [2.45, 2.75) is 19.3 Å². The highest BCUT2D eigenvalue weighted by molar-refractivity contribution is 5.10. The number of hydrogen-bond donors (Lipinski definition) is 0. The molecule has 0 bridgehead atoms. The molecular formula is C7H10. The molecule has 3 saturated carbocycles. The van der Waals surface area contributed by atoms with Gasteiger partial charge in [0.1, 0.15) is 0 Å². The summed E-state index contributed by atoms with van der Waals surface area (Å²) in [5.41, 5.74) is 0. The van der Waals surface area contributed by atoms with Gasteiger partial charge in [0.15, 0.2) is 0 Å². The molecule has 38 valence electrons. The number of fused-ring (bicyclic) bond motifs is 3. The van der Waals surface area contributed by atoms with Crippen LogP contribution in [0.25, 0.3) is 0 Å². The maximum atomic E-state index is 1.62. The van der Waals surface area contributed by atoms with Crippen molar-refractivity contribution in [1.29, 1.82) is 0 Å². The zero-order chi connectivity index (χ0) is 4.43. The molecule has 0 aromatic heterocycles. The SMILES string of the molecule is C1C2C[C@@H]2[C@H]2C[C@@H]12. The maximum Gasteiger partial charge on any atom is -0.0352 e. The molecule has 4 atom stereocenters. The summed E-state index contributed by atoms with van der Waals surface area (Å²) in [7, 11) is 0. The molecule has 0 aromatic carbocycles. The van der Waals surface area contributed by atoms with E-state index in [-0.39, 0.29) is 0 Å². The lowest BCUT2D eigenvalue weighted by molar-refractivity contribution is 0.689. The molecule has 3 aliphatic rings. The third-order valence-electron chi connectivity index (χ3n) is 3.11. The van der Waals surface area contributed by atoms with E-state index in [0.29, 0.717) is 0 Å². The molecule has 0 N–H and O–H groups in total. The lowest BCUT2D eigenvalue weighted by atomic mass is 10.2. The first-order valence-corrected chi connectivity index (χ1v) is 3.45. The molecule has 3 aliphatic carbocycles. The summed E-state index contributed by atoms with van der Waals surface area (Å²) in [6.45, 7) is 0. The molecule has 0 saturated heterocycles. The van der Waals surface area contributed by atoms with E-state index in [2.05, 4.69) is 0 Å². The van der Waals surface area contributed by atoms with Crippen molar-refractivity contribution in [3.05, 3.63) is 0 Å². The van der Waals surface area contributed by atoms with E-state index in [1.54, 1.807) is 19.3 Å². The van der Waals surface area contributed by atoms with Gasteiger partial charge in [0, 0.05) is 0 Å². The minimum atomic E-state index is 1.24. The second-order valence-corrected chi connectivity index (χ2v) is 3.55. The lowest BCUT2D eigenvalue weighted by Gasteiger charge is -1.82. The fraction of sp³-hybridized carbons (Fsp3) is 1.00. The summed E-state index contributed by atoms with van der Waals surface area (Å²) >= 11 is 0. The van der Waals surface area contributed by atoms with Gasteiger partial charge in [-0.05, 0) is 42.9 Å². The summed E-state index contributed by atoms with van der Waals surface area (Å²) in [6.07, 6.45) is 4.84. The Hall–Kier alpha value is 0. The van der Waals surface area contributed by atoms with Crippen LogP contribution in [0.1, 0.15) is 19.3 Å². The van der Waals surface area contributed by atoms with Crippen molar-refractivity contribution in [2.75, 3.05) is 0 Å². The van der Waals surface area contributed by atoms with E-state index in [1.807, 2.05) is 0 Å². The van der Waals surface area contributed by atoms with Crippen molar-refractivity contribution < 1.29 is 0 Å². The first-order chi connectivity index (χ1) is 3.45. The quantitative estimate of drug-likeness (QED) is 0.428. The van der Waals surface area contributed by atoms with E-state index in [9.17, 15) is 0 Å². The third kappa shape index (κ3) is 0.240. The Morgan fingerprint density at radius 1 is 0.714 bits per heavy atom. The van der Waals surface area contributed by atoms with Crippen molar-refractivity contribution >= 4 is 0 Å². The average molecular weight is 94.2 g/mol. The normalized spacial score (nSPS) is 72.0. The van der Waals surface area contributed by atoms with Gasteiger partial charge in [0.25, 0.3) is 0 Å². The summed E-state index contributed by atoms with van der Waals surface area (Å²) < 4.78 is 0. The van der Waals surface area contributed by atoms with Gasteiger partial charge in [-0.3, -0.25) is 0 Å². The van der Waals surface area contributed by atoms with Crippen LogP contribution in [0.15, 0.2) is 0 Å². The molecule has 3 fully saturated rings. The van der Waals surface area contributed by atoms with Crippen LogP contribution in [0.5, 0.6) is 0 Å². The number of hydrogen-bond acceptors (Lipinski definition) is 0. The monoisotopic (exact) mass is 94.1 g/mol. The van der Waals surface area contributed by atoms with Gasteiger partial charge in [0.2, 0.25) is 0 Å². The van der Waals surface area contributed by atoms with E-state index in [1.165, 1.54) is 23.7 Å². The smallest absolute Gasteiger partial charge is 0.0352 e. The number of rotatable bonds is 0.